The molecule has 0 saturated carbocycles. The van der Waals surface area contributed by atoms with Crippen molar-refractivity contribution in [3.05, 3.63) is 11.3 Å². The first-order valence-electron chi connectivity index (χ1n) is 12.8. The predicted molar refractivity (Wildman–Crippen MR) is 127 cm³/mol. The second kappa shape index (κ2) is 21.7. The highest BCUT2D eigenvalue weighted by atomic mass is 16.5. The first-order chi connectivity index (χ1) is 14.2. The largest absolute Gasteiger partial charge is 0.462 e. The van der Waals surface area contributed by atoms with Crippen LogP contribution in [0.1, 0.15) is 143 Å². The summed E-state index contributed by atoms with van der Waals surface area (Å²) in [6.07, 6.45) is 24.0. The minimum atomic E-state index is -0.202. The molecular formula is C26H51NO2. The number of hydrogen-bond donors (Lipinski definition) is 1. The number of nitrogens with two attached hydrogens (primary N) is 1. The molecule has 0 aliphatic heterocycles. The predicted octanol–water partition coefficient (Wildman–Crippen LogP) is 8.21. The molecule has 0 spiro atoms. The fourth-order valence-corrected chi connectivity index (χ4v) is 3.76. The van der Waals surface area contributed by atoms with Crippen LogP contribution < -0.4 is 5.73 Å². The van der Waals surface area contributed by atoms with Crippen molar-refractivity contribution in [3.63, 3.8) is 0 Å². The van der Waals surface area contributed by atoms with Gasteiger partial charge in [0.05, 0.1) is 12.2 Å². The normalized spacial score (nSPS) is 12.1. The molecule has 3 heteroatoms. The van der Waals surface area contributed by atoms with Gasteiger partial charge in [-0.05, 0) is 19.3 Å². The first kappa shape index (κ1) is 28.0. The van der Waals surface area contributed by atoms with Crippen molar-refractivity contribution in [1.29, 1.82) is 0 Å². The van der Waals surface area contributed by atoms with Gasteiger partial charge in [-0.2, -0.15) is 0 Å². The summed E-state index contributed by atoms with van der Waals surface area (Å²) in [6.45, 7) is 6.85. The van der Waals surface area contributed by atoms with E-state index in [1.165, 1.54) is 89.9 Å². The molecule has 2 N–H and O–H groups in total. The number of unbranched alkanes of at least 4 members (excludes halogenated alkanes) is 15. The maximum atomic E-state index is 12.1. The van der Waals surface area contributed by atoms with Gasteiger partial charge in [0.1, 0.15) is 0 Å². The smallest absolute Gasteiger partial charge is 0.335 e. The first-order valence-corrected chi connectivity index (χ1v) is 12.8. The van der Waals surface area contributed by atoms with Crippen molar-refractivity contribution < 1.29 is 9.53 Å². The van der Waals surface area contributed by atoms with Crippen molar-refractivity contribution >= 4 is 5.97 Å². The average molecular weight is 410 g/mol. The number of ether oxygens (including phenoxy) is 1. The van der Waals surface area contributed by atoms with E-state index < -0.39 is 0 Å². The van der Waals surface area contributed by atoms with Crippen molar-refractivity contribution in [2.24, 2.45) is 5.73 Å². The van der Waals surface area contributed by atoms with E-state index in [2.05, 4.69) is 13.8 Å². The van der Waals surface area contributed by atoms with E-state index in [1.807, 2.05) is 6.92 Å². The Morgan fingerprint density at radius 2 is 1.03 bits per heavy atom. The minimum Gasteiger partial charge on any atom is -0.462 e. The maximum absolute atomic E-state index is 12.1. The maximum Gasteiger partial charge on any atom is 0.335 e. The van der Waals surface area contributed by atoms with Crippen LogP contribution >= 0.6 is 0 Å². The van der Waals surface area contributed by atoms with E-state index in [-0.39, 0.29) is 5.97 Å². The third kappa shape index (κ3) is 17.6. The fraction of sp³-hybridized carbons (Fsp3) is 0.885. The van der Waals surface area contributed by atoms with E-state index in [0.29, 0.717) is 24.3 Å². The summed E-state index contributed by atoms with van der Waals surface area (Å²) in [6, 6.07) is 0. The Morgan fingerprint density at radius 1 is 0.621 bits per heavy atom. The monoisotopic (exact) mass is 409 g/mol. The Balaban J connectivity index is 3.40. The SMILES string of the molecule is CCCCCCCCCCCCCCCCCCOC(=O)/C(CCC)=C(\N)CC. The van der Waals surface area contributed by atoms with E-state index >= 15 is 0 Å². The zero-order valence-corrected chi connectivity index (χ0v) is 20.0. The van der Waals surface area contributed by atoms with E-state index in [1.54, 1.807) is 0 Å². The lowest BCUT2D eigenvalue weighted by molar-refractivity contribution is -0.139. The summed E-state index contributed by atoms with van der Waals surface area (Å²) in [5, 5.41) is 0. The number of allylic oxidation sites excluding steroid dienone is 1. The molecule has 0 radical (unpaired) electrons. The van der Waals surface area contributed by atoms with Gasteiger partial charge in [0.15, 0.2) is 0 Å². The topological polar surface area (TPSA) is 52.3 Å². The molecule has 0 aromatic heterocycles. The molecule has 0 atom stereocenters. The molecule has 0 aromatic carbocycles. The number of carbonyl (C=O) groups excluding carboxylic acids is 1. The summed E-state index contributed by atoms with van der Waals surface area (Å²) in [4.78, 5) is 12.1. The average Bonchev–Trinajstić information content (AvgIpc) is 2.73. The minimum absolute atomic E-state index is 0.202. The highest BCUT2D eigenvalue weighted by molar-refractivity contribution is 5.89. The quantitative estimate of drug-likeness (QED) is 0.118. The zero-order chi connectivity index (χ0) is 21.6. The standard InChI is InChI=1S/C26H51NO2/c1-4-7-8-9-10-11-12-13-14-15-16-17-18-19-20-21-23-29-26(28)24(22-5-2)25(27)6-3/h4-23,27H2,1-3H3/b25-24-. The second-order valence-corrected chi connectivity index (χ2v) is 8.55. The summed E-state index contributed by atoms with van der Waals surface area (Å²) in [5.41, 5.74) is 7.32. The van der Waals surface area contributed by atoms with E-state index in [4.69, 9.17) is 10.5 Å². The molecule has 0 aliphatic rings. The summed E-state index contributed by atoms with van der Waals surface area (Å²) < 4.78 is 5.42. The molecule has 0 amide bonds. The number of rotatable bonds is 21. The van der Waals surface area contributed by atoms with Gasteiger partial charge in [-0.3, -0.25) is 0 Å². The number of hydrogen-bond acceptors (Lipinski definition) is 3. The molecule has 3 nitrogen and oxygen atoms in total. The van der Waals surface area contributed by atoms with Crippen molar-refractivity contribution in [2.45, 2.75) is 143 Å². The summed E-state index contributed by atoms with van der Waals surface area (Å²) in [5.74, 6) is -0.202. The lowest BCUT2D eigenvalue weighted by Gasteiger charge is -2.10. The second-order valence-electron chi connectivity index (χ2n) is 8.55. The highest BCUT2D eigenvalue weighted by Gasteiger charge is 2.13. The van der Waals surface area contributed by atoms with Crippen LogP contribution in [0.5, 0.6) is 0 Å². The van der Waals surface area contributed by atoms with Crippen molar-refractivity contribution in [1.82, 2.24) is 0 Å². The molecular weight excluding hydrogens is 358 g/mol. The Morgan fingerprint density at radius 3 is 1.41 bits per heavy atom. The molecule has 0 bridgehead atoms. The Bertz CT molecular complexity index is 404. The molecule has 0 fully saturated rings. The van der Waals surface area contributed by atoms with Crippen LogP contribution in [-0.4, -0.2) is 12.6 Å². The lowest BCUT2D eigenvalue weighted by atomic mass is 10.0. The van der Waals surface area contributed by atoms with Gasteiger partial charge < -0.3 is 10.5 Å². The molecule has 0 aliphatic carbocycles. The Labute approximate surface area is 182 Å². The third-order valence-corrected chi connectivity index (χ3v) is 5.75. The van der Waals surface area contributed by atoms with Crippen LogP contribution in [0.3, 0.4) is 0 Å². The third-order valence-electron chi connectivity index (χ3n) is 5.75. The molecule has 172 valence electrons. The molecule has 0 unspecified atom stereocenters. The zero-order valence-electron chi connectivity index (χ0n) is 20.0. The van der Waals surface area contributed by atoms with Gasteiger partial charge in [-0.25, -0.2) is 4.79 Å². The molecule has 0 saturated heterocycles. The number of esters is 1. The lowest BCUT2D eigenvalue weighted by Crippen LogP contribution is -2.14. The van der Waals surface area contributed by atoms with E-state index in [0.717, 1.165) is 25.7 Å². The Kier molecular flexibility index (Phi) is 21.0. The Hall–Kier alpha value is -0.990. The highest BCUT2D eigenvalue weighted by Crippen LogP contribution is 2.15. The van der Waals surface area contributed by atoms with Crippen LogP contribution in [0.2, 0.25) is 0 Å². The van der Waals surface area contributed by atoms with Crippen LogP contribution in [0.25, 0.3) is 0 Å². The van der Waals surface area contributed by atoms with Gasteiger partial charge >= 0.3 is 5.97 Å². The molecule has 0 aromatic rings. The number of carbonyl (C=O) groups is 1. The van der Waals surface area contributed by atoms with Gasteiger partial charge in [0, 0.05) is 5.70 Å². The fourth-order valence-electron chi connectivity index (χ4n) is 3.76. The van der Waals surface area contributed by atoms with Crippen molar-refractivity contribution in [2.75, 3.05) is 6.61 Å². The van der Waals surface area contributed by atoms with Gasteiger partial charge in [0.2, 0.25) is 0 Å². The molecule has 0 heterocycles. The summed E-state index contributed by atoms with van der Waals surface area (Å²) >= 11 is 0. The van der Waals surface area contributed by atoms with E-state index in [9.17, 15) is 4.79 Å². The molecule has 29 heavy (non-hydrogen) atoms. The van der Waals surface area contributed by atoms with Gasteiger partial charge in [-0.15, -0.1) is 0 Å². The van der Waals surface area contributed by atoms with Gasteiger partial charge in [0.25, 0.3) is 0 Å². The van der Waals surface area contributed by atoms with Crippen LogP contribution in [0.15, 0.2) is 11.3 Å². The van der Waals surface area contributed by atoms with Crippen LogP contribution in [0.4, 0.5) is 0 Å². The molecule has 0 rings (SSSR count). The summed E-state index contributed by atoms with van der Waals surface area (Å²) in [7, 11) is 0. The van der Waals surface area contributed by atoms with Crippen LogP contribution in [-0.2, 0) is 9.53 Å². The van der Waals surface area contributed by atoms with Crippen LogP contribution in [0, 0.1) is 0 Å². The van der Waals surface area contributed by atoms with Crippen molar-refractivity contribution in [3.8, 4) is 0 Å². The van der Waals surface area contributed by atoms with Gasteiger partial charge in [-0.1, -0.05) is 124 Å².